The quantitative estimate of drug-likeness (QED) is 0.754. The number of anilines is 1. The van der Waals surface area contributed by atoms with E-state index in [0.29, 0.717) is 17.8 Å². The molecule has 0 bridgehead atoms. The van der Waals surface area contributed by atoms with Gasteiger partial charge in [-0.15, -0.1) is 0 Å². The Kier molecular flexibility index (Phi) is 4.26. The number of ether oxygens (including phenoxy) is 1. The highest BCUT2D eigenvalue weighted by Gasteiger charge is 2.42. The third-order valence-electron chi connectivity index (χ3n) is 5.27. The molecule has 28 heavy (non-hydrogen) atoms. The lowest BCUT2D eigenvalue weighted by atomic mass is 9.92. The molecule has 6 heteroatoms. The van der Waals surface area contributed by atoms with Crippen molar-refractivity contribution in [2.75, 3.05) is 12.8 Å². The van der Waals surface area contributed by atoms with Crippen LogP contribution in [0.15, 0.2) is 54.7 Å². The summed E-state index contributed by atoms with van der Waals surface area (Å²) in [7, 11) is 1.64. The maximum Gasteiger partial charge on any atom is 0.255 e. The minimum absolute atomic E-state index is 0.00620. The molecule has 2 heterocycles. The molecule has 6 nitrogen and oxygen atoms in total. The van der Waals surface area contributed by atoms with Gasteiger partial charge < -0.3 is 15.4 Å². The number of carbonyl (C=O) groups is 1. The number of amides is 1. The van der Waals surface area contributed by atoms with Crippen LogP contribution in [0.4, 0.5) is 5.95 Å². The van der Waals surface area contributed by atoms with Gasteiger partial charge in [-0.25, -0.2) is 9.97 Å². The van der Waals surface area contributed by atoms with Crippen LogP contribution in [0.1, 0.15) is 35.3 Å². The summed E-state index contributed by atoms with van der Waals surface area (Å²) in [6.45, 7) is 4.64. The molecule has 2 aromatic carbocycles. The summed E-state index contributed by atoms with van der Waals surface area (Å²) in [4.78, 5) is 23.3. The molecule has 142 valence electrons. The van der Waals surface area contributed by atoms with Crippen LogP contribution in [0.5, 0.6) is 5.75 Å². The highest BCUT2D eigenvalue weighted by atomic mass is 16.5. The molecule has 0 fully saturated rings. The fourth-order valence-corrected chi connectivity index (χ4v) is 3.72. The van der Waals surface area contributed by atoms with Gasteiger partial charge in [-0.3, -0.25) is 4.79 Å². The molecular formula is C22H22N4O2. The molecule has 3 aromatic rings. The van der Waals surface area contributed by atoms with E-state index in [1.165, 1.54) is 0 Å². The summed E-state index contributed by atoms with van der Waals surface area (Å²) in [5, 5.41) is 0. The zero-order valence-corrected chi connectivity index (χ0v) is 16.1. The molecule has 0 saturated heterocycles. The second kappa shape index (κ2) is 6.64. The highest BCUT2D eigenvalue weighted by Crippen LogP contribution is 2.41. The van der Waals surface area contributed by atoms with Crippen LogP contribution >= 0.6 is 0 Å². The van der Waals surface area contributed by atoms with Crippen LogP contribution in [0.3, 0.4) is 0 Å². The van der Waals surface area contributed by atoms with Gasteiger partial charge in [-0.05, 0) is 49.2 Å². The van der Waals surface area contributed by atoms with Crippen molar-refractivity contribution < 1.29 is 9.53 Å². The molecule has 1 aliphatic rings. The van der Waals surface area contributed by atoms with E-state index in [2.05, 4.69) is 23.8 Å². The average molecular weight is 374 g/mol. The predicted molar refractivity (Wildman–Crippen MR) is 108 cm³/mol. The molecule has 0 spiro atoms. The molecule has 0 saturated carbocycles. The maximum absolute atomic E-state index is 13.3. The number of hydrogen-bond donors (Lipinski definition) is 1. The Hall–Kier alpha value is -3.41. The first-order valence-corrected chi connectivity index (χ1v) is 9.08. The standard InChI is InChI=1S/C22H22N4O2/c1-22(2)18-8-7-15(19-9-10-24-21(23)25-19)12-17(18)20(27)26(22)13-14-5-4-6-16(11-14)28-3/h4-12H,13H2,1-3H3,(H2,23,24,25). The fraction of sp³-hybridized carbons (Fsp3) is 0.227. The minimum atomic E-state index is -0.418. The van der Waals surface area contributed by atoms with Crippen molar-refractivity contribution in [1.29, 1.82) is 0 Å². The van der Waals surface area contributed by atoms with Crippen molar-refractivity contribution >= 4 is 11.9 Å². The van der Waals surface area contributed by atoms with Gasteiger partial charge >= 0.3 is 0 Å². The number of nitrogens with two attached hydrogens (primary N) is 1. The number of carbonyl (C=O) groups excluding carboxylic acids is 1. The van der Waals surface area contributed by atoms with Crippen molar-refractivity contribution in [2.45, 2.75) is 25.9 Å². The molecule has 0 radical (unpaired) electrons. The fourth-order valence-electron chi connectivity index (χ4n) is 3.72. The number of nitrogen functional groups attached to an aromatic ring is 1. The zero-order chi connectivity index (χ0) is 19.9. The number of benzene rings is 2. The van der Waals surface area contributed by atoms with E-state index in [-0.39, 0.29) is 11.9 Å². The number of rotatable bonds is 4. The average Bonchev–Trinajstić information content (AvgIpc) is 2.88. The number of hydrogen-bond acceptors (Lipinski definition) is 5. The van der Waals surface area contributed by atoms with E-state index < -0.39 is 5.54 Å². The summed E-state index contributed by atoms with van der Waals surface area (Å²) in [5.41, 5.74) is 9.56. The van der Waals surface area contributed by atoms with E-state index in [1.54, 1.807) is 19.4 Å². The Bertz CT molecular complexity index is 1060. The van der Waals surface area contributed by atoms with Crippen molar-refractivity contribution in [2.24, 2.45) is 0 Å². The lowest BCUT2D eigenvalue weighted by Gasteiger charge is -2.32. The number of methoxy groups -OCH3 is 1. The lowest BCUT2D eigenvalue weighted by Crippen LogP contribution is -2.38. The largest absolute Gasteiger partial charge is 0.497 e. The van der Waals surface area contributed by atoms with Gasteiger partial charge in [-0.2, -0.15) is 0 Å². The monoisotopic (exact) mass is 374 g/mol. The summed E-state index contributed by atoms with van der Waals surface area (Å²) in [6.07, 6.45) is 1.62. The topological polar surface area (TPSA) is 81.3 Å². The Labute approximate surface area is 164 Å². The third kappa shape index (κ3) is 2.97. The smallest absolute Gasteiger partial charge is 0.255 e. The van der Waals surface area contributed by atoms with E-state index in [0.717, 1.165) is 22.4 Å². The first-order chi connectivity index (χ1) is 13.4. The first kappa shape index (κ1) is 18.0. The van der Waals surface area contributed by atoms with Gasteiger partial charge in [0.25, 0.3) is 5.91 Å². The van der Waals surface area contributed by atoms with Gasteiger partial charge in [0, 0.05) is 23.9 Å². The third-order valence-corrected chi connectivity index (χ3v) is 5.27. The molecule has 4 rings (SSSR count). The predicted octanol–water partition coefficient (Wildman–Crippen LogP) is 3.63. The van der Waals surface area contributed by atoms with Gasteiger partial charge in [0.2, 0.25) is 5.95 Å². The second-order valence-corrected chi connectivity index (χ2v) is 7.36. The van der Waals surface area contributed by atoms with Crippen LogP contribution in [0, 0.1) is 0 Å². The van der Waals surface area contributed by atoms with Crippen molar-refractivity contribution in [3.8, 4) is 17.0 Å². The summed E-state index contributed by atoms with van der Waals surface area (Å²) >= 11 is 0. The van der Waals surface area contributed by atoms with Gasteiger partial charge in [0.15, 0.2) is 0 Å². The molecule has 0 aliphatic carbocycles. The normalized spacial score (nSPS) is 14.8. The maximum atomic E-state index is 13.3. The molecule has 1 aromatic heterocycles. The molecule has 1 amide bonds. The molecule has 2 N–H and O–H groups in total. The summed E-state index contributed by atoms with van der Waals surface area (Å²) in [6, 6.07) is 15.5. The Morgan fingerprint density at radius 3 is 2.71 bits per heavy atom. The number of aromatic nitrogens is 2. The molecule has 0 atom stereocenters. The van der Waals surface area contributed by atoms with E-state index in [9.17, 15) is 4.79 Å². The van der Waals surface area contributed by atoms with Gasteiger partial charge in [-0.1, -0.05) is 24.3 Å². The van der Waals surface area contributed by atoms with E-state index in [1.807, 2.05) is 47.4 Å². The van der Waals surface area contributed by atoms with Crippen LogP contribution < -0.4 is 10.5 Å². The van der Waals surface area contributed by atoms with Gasteiger partial charge in [0.1, 0.15) is 5.75 Å². The van der Waals surface area contributed by atoms with Crippen LogP contribution in [0.2, 0.25) is 0 Å². The first-order valence-electron chi connectivity index (χ1n) is 9.08. The van der Waals surface area contributed by atoms with E-state index in [4.69, 9.17) is 10.5 Å². The Morgan fingerprint density at radius 2 is 1.96 bits per heavy atom. The lowest BCUT2D eigenvalue weighted by molar-refractivity contribution is 0.0595. The van der Waals surface area contributed by atoms with Crippen LogP contribution in [-0.4, -0.2) is 27.9 Å². The minimum Gasteiger partial charge on any atom is -0.497 e. The van der Waals surface area contributed by atoms with Crippen LogP contribution in [-0.2, 0) is 12.1 Å². The highest BCUT2D eigenvalue weighted by molar-refractivity contribution is 6.01. The number of fused-ring (bicyclic) bond motifs is 1. The molecule has 1 aliphatic heterocycles. The Morgan fingerprint density at radius 1 is 1.14 bits per heavy atom. The zero-order valence-electron chi connectivity index (χ0n) is 16.1. The van der Waals surface area contributed by atoms with Crippen molar-refractivity contribution in [1.82, 2.24) is 14.9 Å². The van der Waals surface area contributed by atoms with Crippen molar-refractivity contribution in [3.05, 3.63) is 71.4 Å². The van der Waals surface area contributed by atoms with Crippen molar-refractivity contribution in [3.63, 3.8) is 0 Å². The molecular weight excluding hydrogens is 352 g/mol. The Balaban J connectivity index is 1.70. The van der Waals surface area contributed by atoms with Crippen LogP contribution in [0.25, 0.3) is 11.3 Å². The van der Waals surface area contributed by atoms with E-state index >= 15 is 0 Å². The van der Waals surface area contributed by atoms with Gasteiger partial charge in [0.05, 0.1) is 18.3 Å². The molecule has 0 unspecified atom stereocenters. The summed E-state index contributed by atoms with van der Waals surface area (Å²) < 4.78 is 5.31. The second-order valence-electron chi connectivity index (χ2n) is 7.36. The number of nitrogens with zero attached hydrogens (tertiary/aromatic N) is 3. The SMILES string of the molecule is COc1cccc(CN2C(=O)c3cc(-c4ccnc(N)n4)ccc3C2(C)C)c1. The summed E-state index contributed by atoms with van der Waals surface area (Å²) in [5.74, 6) is 0.999.